The van der Waals surface area contributed by atoms with E-state index in [-0.39, 0.29) is 18.2 Å². The Morgan fingerprint density at radius 1 is 1.32 bits per heavy atom. The van der Waals surface area contributed by atoms with Gasteiger partial charge >= 0.3 is 5.97 Å². The molecule has 0 bridgehead atoms. The van der Waals surface area contributed by atoms with E-state index in [4.69, 9.17) is 15.2 Å². The number of hydrogen-bond acceptors (Lipinski definition) is 4. The number of nitrogen functional groups attached to an aromatic ring is 1. The second kappa shape index (κ2) is 5.95. The molecule has 0 aromatic heterocycles. The van der Waals surface area contributed by atoms with Crippen LogP contribution in [0.2, 0.25) is 0 Å². The first-order valence-electron chi connectivity index (χ1n) is 6.83. The van der Waals surface area contributed by atoms with Crippen LogP contribution in [0.3, 0.4) is 0 Å². The molecule has 2 N–H and O–H groups in total. The minimum atomic E-state index is -0.297. The molecule has 0 saturated heterocycles. The summed E-state index contributed by atoms with van der Waals surface area (Å²) in [4.78, 5) is 12.0. The fourth-order valence-corrected chi connectivity index (χ4v) is 2.26. The first-order chi connectivity index (χ1) is 9.06. The Kier molecular flexibility index (Phi) is 4.30. The predicted molar refractivity (Wildman–Crippen MR) is 74.3 cm³/mol. The second-order valence-corrected chi connectivity index (χ2v) is 5.23. The van der Waals surface area contributed by atoms with Crippen molar-refractivity contribution in [2.24, 2.45) is 0 Å². The number of rotatable bonds is 4. The summed E-state index contributed by atoms with van der Waals surface area (Å²) in [6, 6.07) is 5.04. The van der Waals surface area contributed by atoms with Crippen molar-refractivity contribution < 1.29 is 14.3 Å². The molecular weight excluding hydrogens is 242 g/mol. The molecule has 0 atom stereocenters. The number of hydrogen-bond donors (Lipinski definition) is 1. The van der Waals surface area contributed by atoms with Crippen LogP contribution in [0.5, 0.6) is 5.75 Å². The van der Waals surface area contributed by atoms with Crippen LogP contribution in [-0.2, 0) is 4.74 Å². The van der Waals surface area contributed by atoms with Crippen molar-refractivity contribution in [1.82, 2.24) is 0 Å². The van der Waals surface area contributed by atoms with Gasteiger partial charge in [0.1, 0.15) is 11.9 Å². The molecule has 19 heavy (non-hydrogen) atoms. The van der Waals surface area contributed by atoms with Crippen LogP contribution in [0, 0.1) is 0 Å². The first kappa shape index (κ1) is 13.7. The van der Waals surface area contributed by atoms with Gasteiger partial charge in [-0.2, -0.15) is 0 Å². The molecule has 1 aromatic rings. The lowest BCUT2D eigenvalue weighted by atomic mass is 10.2. The van der Waals surface area contributed by atoms with E-state index in [2.05, 4.69) is 0 Å². The highest BCUT2D eigenvalue weighted by atomic mass is 16.5. The molecule has 1 fully saturated rings. The summed E-state index contributed by atoms with van der Waals surface area (Å²) >= 11 is 0. The summed E-state index contributed by atoms with van der Waals surface area (Å²) in [5, 5.41) is 0. The fourth-order valence-electron chi connectivity index (χ4n) is 2.26. The number of carbonyl (C=O) groups excluding carboxylic acids is 1. The lowest BCUT2D eigenvalue weighted by Crippen LogP contribution is -2.15. The Labute approximate surface area is 113 Å². The zero-order valence-corrected chi connectivity index (χ0v) is 11.5. The molecule has 1 aromatic carbocycles. The number of nitrogens with two attached hydrogens (primary N) is 1. The van der Waals surface area contributed by atoms with E-state index in [1.54, 1.807) is 18.2 Å². The third-order valence-electron chi connectivity index (χ3n) is 3.18. The standard InChI is InChI=1S/C15H21NO3/c1-10(2)18-14-8-7-11(9-13(14)16)15(17)19-12-5-3-4-6-12/h7-10,12H,3-6,16H2,1-2H3. The normalized spacial score (nSPS) is 15.7. The van der Waals surface area contributed by atoms with E-state index in [1.807, 2.05) is 13.8 Å². The molecule has 0 radical (unpaired) electrons. The minimum absolute atomic E-state index is 0.0543. The summed E-state index contributed by atoms with van der Waals surface area (Å²) in [6.45, 7) is 3.86. The Balaban J connectivity index is 2.03. The summed E-state index contributed by atoms with van der Waals surface area (Å²) in [5.74, 6) is 0.308. The highest BCUT2D eigenvalue weighted by molar-refractivity contribution is 5.91. The van der Waals surface area contributed by atoms with Crippen LogP contribution >= 0.6 is 0 Å². The van der Waals surface area contributed by atoms with Gasteiger partial charge in [0.2, 0.25) is 0 Å². The first-order valence-corrected chi connectivity index (χ1v) is 6.83. The zero-order chi connectivity index (χ0) is 13.8. The lowest BCUT2D eigenvalue weighted by molar-refractivity contribution is 0.0318. The maximum atomic E-state index is 12.0. The Morgan fingerprint density at radius 2 is 2.00 bits per heavy atom. The average Bonchev–Trinajstić information content (AvgIpc) is 2.84. The van der Waals surface area contributed by atoms with Crippen LogP contribution in [-0.4, -0.2) is 18.2 Å². The van der Waals surface area contributed by atoms with Gasteiger partial charge in [-0.25, -0.2) is 4.79 Å². The van der Waals surface area contributed by atoms with E-state index in [9.17, 15) is 4.79 Å². The smallest absolute Gasteiger partial charge is 0.338 e. The van der Waals surface area contributed by atoms with Gasteiger partial charge in [0.25, 0.3) is 0 Å². The Bertz CT molecular complexity index is 451. The number of carbonyl (C=O) groups is 1. The van der Waals surface area contributed by atoms with Crippen LogP contribution in [0.4, 0.5) is 5.69 Å². The van der Waals surface area contributed by atoms with Gasteiger partial charge in [-0.15, -0.1) is 0 Å². The van der Waals surface area contributed by atoms with Crippen LogP contribution in [0.1, 0.15) is 49.9 Å². The zero-order valence-electron chi connectivity index (χ0n) is 11.5. The molecule has 0 spiro atoms. The van der Waals surface area contributed by atoms with Gasteiger partial charge in [-0.3, -0.25) is 0 Å². The monoisotopic (exact) mass is 263 g/mol. The highest BCUT2D eigenvalue weighted by Gasteiger charge is 2.20. The summed E-state index contributed by atoms with van der Waals surface area (Å²) in [6.07, 6.45) is 4.34. The quantitative estimate of drug-likeness (QED) is 0.669. The second-order valence-electron chi connectivity index (χ2n) is 5.23. The lowest BCUT2D eigenvalue weighted by Gasteiger charge is -2.14. The van der Waals surface area contributed by atoms with Crippen LogP contribution < -0.4 is 10.5 Å². The summed E-state index contributed by atoms with van der Waals surface area (Å²) in [5.41, 5.74) is 6.84. The summed E-state index contributed by atoms with van der Waals surface area (Å²) in [7, 11) is 0. The highest BCUT2D eigenvalue weighted by Crippen LogP contribution is 2.26. The fraction of sp³-hybridized carbons (Fsp3) is 0.533. The SMILES string of the molecule is CC(C)Oc1ccc(C(=O)OC2CCCC2)cc1N. The third kappa shape index (κ3) is 3.63. The molecule has 4 heteroatoms. The van der Waals surface area contributed by atoms with Gasteiger partial charge < -0.3 is 15.2 Å². The van der Waals surface area contributed by atoms with Crippen molar-refractivity contribution in [2.75, 3.05) is 5.73 Å². The minimum Gasteiger partial charge on any atom is -0.489 e. The molecular formula is C15H21NO3. The van der Waals surface area contributed by atoms with Gasteiger partial charge in [0.15, 0.2) is 0 Å². The molecule has 1 aliphatic carbocycles. The third-order valence-corrected chi connectivity index (χ3v) is 3.18. The van der Waals surface area contributed by atoms with E-state index in [0.29, 0.717) is 17.0 Å². The largest absolute Gasteiger partial charge is 0.489 e. The van der Waals surface area contributed by atoms with Crippen molar-refractivity contribution in [3.63, 3.8) is 0 Å². The average molecular weight is 263 g/mol. The van der Waals surface area contributed by atoms with Gasteiger partial charge in [0.05, 0.1) is 17.4 Å². The van der Waals surface area contributed by atoms with Crippen molar-refractivity contribution in [3.8, 4) is 5.75 Å². The molecule has 0 amide bonds. The van der Waals surface area contributed by atoms with Gasteiger partial charge in [0, 0.05) is 0 Å². The summed E-state index contributed by atoms with van der Waals surface area (Å²) < 4.78 is 11.0. The van der Waals surface area contributed by atoms with Crippen molar-refractivity contribution in [3.05, 3.63) is 23.8 Å². The molecule has 0 unspecified atom stereocenters. The molecule has 2 rings (SSSR count). The van der Waals surface area contributed by atoms with Crippen molar-refractivity contribution in [1.29, 1.82) is 0 Å². The van der Waals surface area contributed by atoms with E-state index in [1.165, 1.54) is 0 Å². The molecule has 104 valence electrons. The molecule has 4 nitrogen and oxygen atoms in total. The van der Waals surface area contributed by atoms with Gasteiger partial charge in [-0.1, -0.05) is 0 Å². The van der Waals surface area contributed by atoms with E-state index >= 15 is 0 Å². The van der Waals surface area contributed by atoms with E-state index in [0.717, 1.165) is 25.7 Å². The molecule has 1 saturated carbocycles. The van der Waals surface area contributed by atoms with Gasteiger partial charge in [-0.05, 0) is 57.7 Å². The Morgan fingerprint density at radius 3 is 2.58 bits per heavy atom. The van der Waals surface area contributed by atoms with Crippen LogP contribution in [0.25, 0.3) is 0 Å². The van der Waals surface area contributed by atoms with Crippen LogP contribution in [0.15, 0.2) is 18.2 Å². The molecule has 0 aliphatic heterocycles. The number of ether oxygens (including phenoxy) is 2. The Hall–Kier alpha value is -1.71. The number of anilines is 1. The maximum Gasteiger partial charge on any atom is 0.338 e. The topological polar surface area (TPSA) is 61.5 Å². The number of benzene rings is 1. The molecule has 1 aliphatic rings. The predicted octanol–water partition coefficient (Wildman–Crippen LogP) is 3.16. The van der Waals surface area contributed by atoms with E-state index < -0.39 is 0 Å². The number of esters is 1. The molecule has 0 heterocycles. The van der Waals surface area contributed by atoms with Crippen molar-refractivity contribution in [2.45, 2.75) is 51.7 Å². The maximum absolute atomic E-state index is 12.0. The van der Waals surface area contributed by atoms with Crippen molar-refractivity contribution >= 4 is 11.7 Å².